The largest absolute Gasteiger partial charge is 0.496 e. The molecule has 0 unspecified atom stereocenters. The first-order valence-electron chi connectivity index (χ1n) is 7.48. The predicted molar refractivity (Wildman–Crippen MR) is 82.5 cm³/mol. The van der Waals surface area contributed by atoms with Crippen molar-refractivity contribution in [2.75, 3.05) is 33.9 Å². The van der Waals surface area contributed by atoms with Gasteiger partial charge >= 0.3 is 0 Å². The topological polar surface area (TPSA) is 39.7 Å². The Morgan fingerprint density at radius 1 is 1.05 bits per heavy atom. The molecule has 0 heterocycles. The van der Waals surface area contributed by atoms with Gasteiger partial charge in [-0.3, -0.25) is 0 Å². The third kappa shape index (κ3) is 6.05. The van der Waals surface area contributed by atoms with Crippen LogP contribution in [0.5, 0.6) is 17.2 Å². The van der Waals surface area contributed by atoms with E-state index in [2.05, 4.69) is 12.2 Å². The molecule has 22 heavy (non-hydrogen) atoms. The van der Waals surface area contributed by atoms with Gasteiger partial charge in [0.25, 0.3) is 0 Å². The van der Waals surface area contributed by atoms with Gasteiger partial charge in [-0.25, -0.2) is 8.78 Å². The molecule has 0 radical (unpaired) electrons. The summed E-state index contributed by atoms with van der Waals surface area (Å²) in [6.45, 7) is 3.85. The molecular formula is C16H25F2NO3. The van der Waals surface area contributed by atoms with Crippen LogP contribution >= 0.6 is 0 Å². The SMILES string of the molecule is CCCNCCc1cc(OC)c(OCCC(F)F)cc1OC. The van der Waals surface area contributed by atoms with Crippen LogP contribution in [0, 0.1) is 0 Å². The molecule has 0 saturated carbocycles. The second-order valence-electron chi connectivity index (χ2n) is 4.84. The molecule has 1 aromatic carbocycles. The van der Waals surface area contributed by atoms with Gasteiger partial charge in [0.2, 0.25) is 6.43 Å². The van der Waals surface area contributed by atoms with Crippen LogP contribution in [-0.4, -0.2) is 40.3 Å². The summed E-state index contributed by atoms with van der Waals surface area (Å²) < 4.78 is 40.4. The van der Waals surface area contributed by atoms with Gasteiger partial charge in [-0.2, -0.15) is 0 Å². The normalized spacial score (nSPS) is 10.8. The molecule has 0 aliphatic rings. The summed E-state index contributed by atoms with van der Waals surface area (Å²) >= 11 is 0. The molecule has 4 nitrogen and oxygen atoms in total. The highest BCUT2D eigenvalue weighted by Crippen LogP contribution is 2.35. The quantitative estimate of drug-likeness (QED) is 0.636. The van der Waals surface area contributed by atoms with Crippen molar-refractivity contribution in [3.05, 3.63) is 17.7 Å². The van der Waals surface area contributed by atoms with Gasteiger partial charge in [0, 0.05) is 12.5 Å². The molecule has 0 aliphatic heterocycles. The lowest BCUT2D eigenvalue weighted by molar-refractivity contribution is 0.113. The maximum absolute atomic E-state index is 12.2. The van der Waals surface area contributed by atoms with Gasteiger partial charge < -0.3 is 19.5 Å². The van der Waals surface area contributed by atoms with Gasteiger partial charge in [0.15, 0.2) is 11.5 Å². The summed E-state index contributed by atoms with van der Waals surface area (Å²) in [5.41, 5.74) is 0.990. The molecule has 0 atom stereocenters. The molecule has 0 saturated heterocycles. The molecule has 1 N–H and O–H groups in total. The molecule has 1 aromatic rings. The summed E-state index contributed by atoms with van der Waals surface area (Å²) in [4.78, 5) is 0. The predicted octanol–water partition coefficient (Wildman–Crippen LogP) is 3.28. The highest BCUT2D eigenvalue weighted by atomic mass is 19.3. The number of alkyl halides is 2. The zero-order chi connectivity index (χ0) is 16.4. The Morgan fingerprint density at radius 2 is 1.77 bits per heavy atom. The van der Waals surface area contributed by atoms with E-state index >= 15 is 0 Å². The fourth-order valence-corrected chi connectivity index (χ4v) is 2.02. The third-order valence-corrected chi connectivity index (χ3v) is 3.16. The van der Waals surface area contributed by atoms with Crippen LogP contribution < -0.4 is 19.5 Å². The Bertz CT molecular complexity index is 442. The summed E-state index contributed by atoms with van der Waals surface area (Å²) in [6, 6.07) is 3.53. The molecule has 0 bridgehead atoms. The smallest absolute Gasteiger partial charge is 0.241 e. The number of hydrogen-bond acceptors (Lipinski definition) is 4. The molecule has 126 valence electrons. The Morgan fingerprint density at radius 3 is 2.36 bits per heavy atom. The van der Waals surface area contributed by atoms with E-state index in [-0.39, 0.29) is 13.0 Å². The second-order valence-corrected chi connectivity index (χ2v) is 4.84. The monoisotopic (exact) mass is 317 g/mol. The summed E-state index contributed by atoms with van der Waals surface area (Å²) in [5, 5.41) is 3.32. The van der Waals surface area contributed by atoms with Crippen molar-refractivity contribution in [1.29, 1.82) is 0 Å². The number of benzene rings is 1. The van der Waals surface area contributed by atoms with E-state index in [9.17, 15) is 8.78 Å². The molecule has 0 amide bonds. The van der Waals surface area contributed by atoms with E-state index in [0.717, 1.165) is 31.5 Å². The molecule has 1 rings (SSSR count). The van der Waals surface area contributed by atoms with Crippen LogP contribution in [-0.2, 0) is 6.42 Å². The van der Waals surface area contributed by atoms with E-state index in [1.165, 1.54) is 7.11 Å². The van der Waals surface area contributed by atoms with Crippen molar-refractivity contribution in [2.24, 2.45) is 0 Å². The summed E-state index contributed by atoms with van der Waals surface area (Å²) in [5.74, 6) is 1.62. The average molecular weight is 317 g/mol. The van der Waals surface area contributed by atoms with Crippen molar-refractivity contribution in [1.82, 2.24) is 5.32 Å². The molecule has 0 aliphatic carbocycles. The number of methoxy groups -OCH3 is 2. The van der Waals surface area contributed by atoms with Gasteiger partial charge in [-0.15, -0.1) is 0 Å². The minimum Gasteiger partial charge on any atom is -0.496 e. The van der Waals surface area contributed by atoms with Crippen LogP contribution in [0.25, 0.3) is 0 Å². The van der Waals surface area contributed by atoms with Gasteiger partial charge in [-0.05, 0) is 37.6 Å². The third-order valence-electron chi connectivity index (χ3n) is 3.16. The molecule has 0 aromatic heterocycles. The lowest BCUT2D eigenvalue weighted by atomic mass is 10.1. The number of hydrogen-bond donors (Lipinski definition) is 1. The van der Waals surface area contributed by atoms with Crippen LogP contribution in [0.1, 0.15) is 25.3 Å². The standard InChI is InChI=1S/C16H25F2NO3/c1-4-7-19-8-5-12-10-14(21-3)15(11-13(12)20-2)22-9-6-16(17)18/h10-11,16,19H,4-9H2,1-3H3. The van der Waals surface area contributed by atoms with Crippen molar-refractivity contribution in [3.63, 3.8) is 0 Å². The van der Waals surface area contributed by atoms with E-state index in [1.807, 2.05) is 6.07 Å². The molecular weight excluding hydrogens is 292 g/mol. The minimum absolute atomic E-state index is 0.0609. The van der Waals surface area contributed by atoms with E-state index in [0.29, 0.717) is 17.2 Å². The zero-order valence-corrected chi connectivity index (χ0v) is 13.5. The fraction of sp³-hybridized carbons (Fsp3) is 0.625. The van der Waals surface area contributed by atoms with Crippen LogP contribution in [0.3, 0.4) is 0 Å². The number of rotatable bonds is 11. The first kappa shape index (κ1) is 18.5. The van der Waals surface area contributed by atoms with Crippen LogP contribution in [0.2, 0.25) is 0 Å². The van der Waals surface area contributed by atoms with Crippen molar-refractivity contribution >= 4 is 0 Å². The van der Waals surface area contributed by atoms with Crippen LogP contribution in [0.4, 0.5) is 8.78 Å². The van der Waals surface area contributed by atoms with Crippen LogP contribution in [0.15, 0.2) is 12.1 Å². The molecule has 6 heteroatoms. The number of halogens is 2. The van der Waals surface area contributed by atoms with E-state index in [4.69, 9.17) is 14.2 Å². The average Bonchev–Trinajstić information content (AvgIpc) is 2.51. The molecule has 0 fully saturated rings. The maximum atomic E-state index is 12.2. The maximum Gasteiger partial charge on any atom is 0.241 e. The lowest BCUT2D eigenvalue weighted by Crippen LogP contribution is -2.18. The van der Waals surface area contributed by atoms with Crippen molar-refractivity contribution in [3.8, 4) is 17.2 Å². The summed E-state index contributed by atoms with van der Waals surface area (Å²) in [6.07, 6.45) is -0.820. The Hall–Kier alpha value is -1.56. The Labute approximate surface area is 130 Å². The first-order valence-corrected chi connectivity index (χ1v) is 7.48. The lowest BCUT2D eigenvalue weighted by Gasteiger charge is -2.16. The van der Waals surface area contributed by atoms with Gasteiger partial charge in [0.05, 0.1) is 20.8 Å². The first-order chi connectivity index (χ1) is 10.6. The van der Waals surface area contributed by atoms with Gasteiger partial charge in [-0.1, -0.05) is 6.92 Å². The van der Waals surface area contributed by atoms with Crippen molar-refractivity contribution in [2.45, 2.75) is 32.6 Å². The van der Waals surface area contributed by atoms with Gasteiger partial charge in [0.1, 0.15) is 5.75 Å². The summed E-state index contributed by atoms with van der Waals surface area (Å²) in [7, 11) is 3.11. The van der Waals surface area contributed by atoms with E-state index < -0.39 is 6.43 Å². The molecule has 0 spiro atoms. The number of nitrogens with one attached hydrogen (secondary N) is 1. The fourth-order valence-electron chi connectivity index (χ4n) is 2.02. The highest BCUT2D eigenvalue weighted by molar-refractivity contribution is 5.50. The zero-order valence-electron chi connectivity index (χ0n) is 13.5. The highest BCUT2D eigenvalue weighted by Gasteiger charge is 2.13. The van der Waals surface area contributed by atoms with Crippen molar-refractivity contribution < 1.29 is 23.0 Å². The number of ether oxygens (including phenoxy) is 3. The minimum atomic E-state index is -2.38. The Kier molecular flexibility index (Phi) is 8.58. The Balaban J connectivity index is 2.77. The second kappa shape index (κ2) is 10.2. The van der Waals surface area contributed by atoms with E-state index in [1.54, 1.807) is 13.2 Å².